The number of nitrogens with one attached hydrogen (secondary N) is 2. The lowest BCUT2D eigenvalue weighted by molar-refractivity contribution is -0.614. The van der Waals surface area contributed by atoms with E-state index in [0.717, 1.165) is 52.3 Å². The first-order valence-electron chi connectivity index (χ1n) is 13.2. The van der Waals surface area contributed by atoms with E-state index >= 15 is 0 Å². The predicted molar refractivity (Wildman–Crippen MR) is 153 cm³/mol. The number of amides is 1. The van der Waals surface area contributed by atoms with Crippen LogP contribution in [0.3, 0.4) is 0 Å². The summed E-state index contributed by atoms with van der Waals surface area (Å²) in [5, 5.41) is 28.2. The standard InChI is InChI=1S/C29H27ClN8O3/c1-17-27(19-5-9-22(10-6-19)33-29(39)41-2)34-28(32-17)24(13-18-3-4-18)26-11-7-20(15-38(26)40)23-14-21(30)8-12-25(23)37-16-31-35-36-37/h5-12,14-16,18,24H,3-4,13H2,1-2H3,(H,32,34)(H,33,39). The summed E-state index contributed by atoms with van der Waals surface area (Å²) in [6.45, 7) is 1.94. The number of imidazole rings is 1. The zero-order chi connectivity index (χ0) is 28.5. The maximum absolute atomic E-state index is 13.6. The van der Waals surface area contributed by atoms with Crippen molar-refractivity contribution in [2.24, 2.45) is 5.92 Å². The number of carbonyl (C=O) groups excluding carboxylic acids is 1. The number of halogens is 1. The number of aromatic nitrogens is 7. The van der Waals surface area contributed by atoms with Crippen molar-refractivity contribution >= 4 is 23.4 Å². The third-order valence-electron chi connectivity index (χ3n) is 7.27. The number of hydrogen-bond acceptors (Lipinski definition) is 7. The number of rotatable bonds is 8. The van der Waals surface area contributed by atoms with Gasteiger partial charge in [-0.05, 0) is 71.7 Å². The topological polar surface area (TPSA) is 138 Å². The molecule has 6 rings (SSSR count). The summed E-state index contributed by atoms with van der Waals surface area (Å²) in [5.41, 5.74) is 5.99. The van der Waals surface area contributed by atoms with Crippen LogP contribution in [-0.4, -0.2) is 43.4 Å². The number of ether oxygens (including phenoxy) is 1. The number of aromatic amines is 1. The predicted octanol–water partition coefficient (Wildman–Crippen LogP) is 5.42. The Kier molecular flexibility index (Phi) is 7.10. The van der Waals surface area contributed by atoms with Crippen LogP contribution in [0, 0.1) is 18.0 Å². The van der Waals surface area contributed by atoms with Crippen molar-refractivity contribution in [3.05, 3.63) is 94.6 Å². The molecule has 12 heteroatoms. The van der Waals surface area contributed by atoms with Crippen LogP contribution in [0.25, 0.3) is 28.1 Å². The van der Waals surface area contributed by atoms with Crippen LogP contribution < -0.4 is 10.0 Å². The molecular weight excluding hydrogens is 544 g/mol. The maximum atomic E-state index is 13.6. The summed E-state index contributed by atoms with van der Waals surface area (Å²) in [7, 11) is 1.32. The molecule has 1 amide bonds. The normalized spacial score (nSPS) is 13.6. The first-order valence-corrected chi connectivity index (χ1v) is 13.6. The van der Waals surface area contributed by atoms with Crippen LogP contribution in [-0.2, 0) is 4.74 Å². The molecule has 0 aliphatic heterocycles. The lowest BCUT2D eigenvalue weighted by Gasteiger charge is -2.16. The fourth-order valence-corrected chi connectivity index (χ4v) is 5.18. The van der Waals surface area contributed by atoms with Crippen LogP contribution in [0.5, 0.6) is 0 Å². The van der Waals surface area contributed by atoms with Gasteiger partial charge in [0.1, 0.15) is 18.1 Å². The van der Waals surface area contributed by atoms with Gasteiger partial charge < -0.3 is 14.9 Å². The smallest absolute Gasteiger partial charge is 0.411 e. The molecule has 41 heavy (non-hydrogen) atoms. The van der Waals surface area contributed by atoms with Gasteiger partial charge in [-0.1, -0.05) is 36.6 Å². The summed E-state index contributed by atoms with van der Waals surface area (Å²) < 4.78 is 7.12. The number of methoxy groups -OCH3 is 1. The molecular formula is C29H27ClN8O3. The first kappa shape index (κ1) is 26.5. The number of benzene rings is 2. The lowest BCUT2D eigenvalue weighted by Crippen LogP contribution is -2.34. The highest BCUT2D eigenvalue weighted by molar-refractivity contribution is 6.31. The Bertz CT molecular complexity index is 1700. The number of anilines is 1. The van der Waals surface area contributed by atoms with Crippen molar-refractivity contribution < 1.29 is 14.3 Å². The molecule has 2 N–H and O–H groups in total. The Morgan fingerprint density at radius 2 is 1.98 bits per heavy atom. The Balaban J connectivity index is 1.33. The summed E-state index contributed by atoms with van der Waals surface area (Å²) in [5.74, 6) is 1.09. The largest absolute Gasteiger partial charge is 0.618 e. The molecule has 1 unspecified atom stereocenters. The highest BCUT2D eigenvalue weighted by atomic mass is 35.5. The van der Waals surface area contributed by atoms with Crippen LogP contribution in [0.2, 0.25) is 5.02 Å². The van der Waals surface area contributed by atoms with Gasteiger partial charge in [0, 0.05) is 27.9 Å². The minimum Gasteiger partial charge on any atom is -0.618 e. The van der Waals surface area contributed by atoms with E-state index < -0.39 is 6.09 Å². The van der Waals surface area contributed by atoms with Gasteiger partial charge in [-0.3, -0.25) is 5.32 Å². The van der Waals surface area contributed by atoms with Crippen LogP contribution in [0.4, 0.5) is 10.5 Å². The van der Waals surface area contributed by atoms with E-state index in [-0.39, 0.29) is 5.92 Å². The van der Waals surface area contributed by atoms with Gasteiger partial charge in [-0.25, -0.2) is 9.78 Å². The molecule has 208 valence electrons. The molecule has 0 spiro atoms. The molecule has 5 aromatic rings. The van der Waals surface area contributed by atoms with Gasteiger partial charge in [0.05, 0.1) is 24.2 Å². The number of H-pyrrole nitrogens is 1. The van der Waals surface area contributed by atoms with E-state index in [1.807, 2.05) is 37.3 Å². The molecule has 0 saturated heterocycles. The Morgan fingerprint density at radius 1 is 1.20 bits per heavy atom. The Hall–Kier alpha value is -4.77. The van der Waals surface area contributed by atoms with Gasteiger partial charge >= 0.3 is 6.09 Å². The average molecular weight is 571 g/mol. The second-order valence-corrected chi connectivity index (χ2v) is 10.5. The minimum atomic E-state index is -0.528. The third-order valence-corrected chi connectivity index (χ3v) is 7.51. The first-order chi connectivity index (χ1) is 19.9. The van der Waals surface area contributed by atoms with E-state index in [9.17, 15) is 10.0 Å². The van der Waals surface area contributed by atoms with Crippen LogP contribution in [0.1, 0.15) is 42.4 Å². The number of hydrogen-bond donors (Lipinski definition) is 2. The van der Waals surface area contributed by atoms with Crippen molar-refractivity contribution in [2.45, 2.75) is 32.1 Å². The van der Waals surface area contributed by atoms with E-state index in [4.69, 9.17) is 16.6 Å². The monoisotopic (exact) mass is 570 g/mol. The molecule has 1 aliphatic rings. The van der Waals surface area contributed by atoms with Gasteiger partial charge in [0.2, 0.25) is 5.69 Å². The molecule has 2 aromatic carbocycles. The van der Waals surface area contributed by atoms with E-state index in [1.165, 1.54) is 18.1 Å². The van der Waals surface area contributed by atoms with E-state index in [0.29, 0.717) is 33.6 Å². The Morgan fingerprint density at radius 3 is 2.66 bits per heavy atom. The lowest BCUT2D eigenvalue weighted by atomic mass is 9.95. The average Bonchev–Trinajstić information content (AvgIpc) is 3.46. The van der Waals surface area contributed by atoms with Crippen molar-refractivity contribution in [3.63, 3.8) is 0 Å². The van der Waals surface area contributed by atoms with Gasteiger partial charge in [0.25, 0.3) is 0 Å². The van der Waals surface area contributed by atoms with E-state index in [2.05, 4.69) is 30.6 Å². The number of nitrogens with zero attached hydrogens (tertiary/aromatic N) is 6. The molecule has 3 heterocycles. The highest BCUT2D eigenvalue weighted by Gasteiger charge is 2.33. The quantitative estimate of drug-likeness (QED) is 0.187. The van der Waals surface area contributed by atoms with Gasteiger partial charge in [0.15, 0.2) is 6.20 Å². The SMILES string of the molecule is COC(=O)Nc1ccc(-c2[nH]c(C(CC3CC3)c3ccc(-c4cc(Cl)ccc4-n4cnnn4)c[n+]3[O-])nc2C)cc1. The van der Waals surface area contributed by atoms with Crippen LogP contribution in [0.15, 0.2) is 67.1 Å². The van der Waals surface area contributed by atoms with Crippen molar-refractivity contribution in [1.29, 1.82) is 0 Å². The fourth-order valence-electron chi connectivity index (χ4n) is 5.01. The molecule has 1 aliphatic carbocycles. The van der Waals surface area contributed by atoms with Gasteiger partial charge in [-0.15, -0.1) is 5.10 Å². The zero-order valence-electron chi connectivity index (χ0n) is 22.4. The van der Waals surface area contributed by atoms with Crippen LogP contribution >= 0.6 is 11.6 Å². The molecule has 3 aromatic heterocycles. The minimum absolute atomic E-state index is 0.208. The molecule has 1 atom stereocenters. The number of aryl methyl sites for hydroxylation is 1. The third kappa shape index (κ3) is 5.62. The second-order valence-electron chi connectivity index (χ2n) is 10.1. The molecule has 11 nitrogen and oxygen atoms in total. The molecule has 1 saturated carbocycles. The summed E-state index contributed by atoms with van der Waals surface area (Å²) in [6.07, 6.45) is 5.65. The summed E-state index contributed by atoms with van der Waals surface area (Å²) in [6, 6.07) is 16.6. The molecule has 0 radical (unpaired) electrons. The van der Waals surface area contributed by atoms with Gasteiger partial charge in [-0.2, -0.15) is 9.41 Å². The van der Waals surface area contributed by atoms with Crippen molar-refractivity contribution in [1.82, 2.24) is 30.2 Å². The Labute approximate surface area is 240 Å². The number of pyridine rings is 1. The number of carbonyl (C=O) groups is 1. The fraction of sp³-hybridized carbons (Fsp3) is 0.241. The van der Waals surface area contributed by atoms with Crippen molar-refractivity contribution in [3.8, 4) is 28.1 Å². The summed E-state index contributed by atoms with van der Waals surface area (Å²) in [4.78, 5) is 19.9. The zero-order valence-corrected chi connectivity index (χ0v) is 23.2. The second kappa shape index (κ2) is 11.0. The maximum Gasteiger partial charge on any atom is 0.411 e. The number of tetrazole rings is 1. The summed E-state index contributed by atoms with van der Waals surface area (Å²) >= 11 is 6.32. The molecule has 0 bridgehead atoms. The van der Waals surface area contributed by atoms with Crippen molar-refractivity contribution in [2.75, 3.05) is 12.4 Å². The highest BCUT2D eigenvalue weighted by Crippen LogP contribution is 2.41. The van der Waals surface area contributed by atoms with E-state index in [1.54, 1.807) is 30.5 Å². The molecule has 1 fully saturated rings.